The van der Waals surface area contributed by atoms with Crippen LogP contribution in [0.15, 0.2) is 18.3 Å². The number of nitrogens with one attached hydrogen (secondary N) is 1. The summed E-state index contributed by atoms with van der Waals surface area (Å²) in [4.78, 5) is 35.4. The lowest BCUT2D eigenvalue weighted by atomic mass is 10.1. The fourth-order valence-corrected chi connectivity index (χ4v) is 3.48. The van der Waals surface area contributed by atoms with E-state index in [0.29, 0.717) is 12.8 Å². The normalized spacial score (nSPS) is 22.3. The van der Waals surface area contributed by atoms with Gasteiger partial charge in [-0.15, -0.1) is 5.10 Å². The standard InChI is InChI=1S/C17H20N6O2/c1-10-5-8-14-20-15(21-23(10)14)16(24)19-12-7-6-11-13(4-3-9-18-11)22(2)17(12)25/h3-4,9-10,12H,5-8H2,1-2H3,(H,19,24)/t10-,12+/m1/s1. The number of hydrogen-bond donors (Lipinski definition) is 1. The molecule has 25 heavy (non-hydrogen) atoms. The molecule has 0 bridgehead atoms. The van der Waals surface area contributed by atoms with Crippen LogP contribution >= 0.6 is 0 Å². The van der Waals surface area contributed by atoms with E-state index in [1.165, 1.54) is 0 Å². The highest BCUT2D eigenvalue weighted by Gasteiger charge is 2.31. The number of pyridine rings is 1. The molecule has 2 aromatic rings. The van der Waals surface area contributed by atoms with Gasteiger partial charge in [-0.2, -0.15) is 0 Å². The summed E-state index contributed by atoms with van der Waals surface area (Å²) in [6.07, 6.45) is 4.67. The van der Waals surface area contributed by atoms with Gasteiger partial charge in [-0.25, -0.2) is 9.67 Å². The molecule has 2 atom stereocenters. The Balaban J connectivity index is 1.52. The van der Waals surface area contributed by atoms with E-state index in [4.69, 9.17) is 0 Å². The molecule has 130 valence electrons. The summed E-state index contributed by atoms with van der Waals surface area (Å²) in [6.45, 7) is 2.06. The number of anilines is 1. The minimum Gasteiger partial charge on any atom is -0.337 e. The number of carbonyl (C=O) groups excluding carboxylic acids is 2. The molecule has 0 aliphatic carbocycles. The lowest BCUT2D eigenvalue weighted by molar-refractivity contribution is -0.120. The molecule has 0 fully saturated rings. The summed E-state index contributed by atoms with van der Waals surface area (Å²) >= 11 is 0. The van der Waals surface area contributed by atoms with Gasteiger partial charge in [0.25, 0.3) is 5.91 Å². The minimum atomic E-state index is -0.609. The fraction of sp³-hybridized carbons (Fsp3) is 0.471. The van der Waals surface area contributed by atoms with Crippen molar-refractivity contribution in [2.24, 2.45) is 0 Å². The zero-order valence-corrected chi connectivity index (χ0v) is 14.3. The maximum atomic E-state index is 12.7. The minimum absolute atomic E-state index is 0.136. The summed E-state index contributed by atoms with van der Waals surface area (Å²) in [5, 5.41) is 7.10. The summed E-state index contributed by atoms with van der Waals surface area (Å²) in [5.74, 6) is 0.412. The highest BCUT2D eigenvalue weighted by Crippen LogP contribution is 2.25. The summed E-state index contributed by atoms with van der Waals surface area (Å²) in [5.41, 5.74) is 1.65. The van der Waals surface area contributed by atoms with Crippen LogP contribution < -0.4 is 10.2 Å². The van der Waals surface area contributed by atoms with Crippen molar-refractivity contribution in [3.05, 3.63) is 35.7 Å². The highest BCUT2D eigenvalue weighted by molar-refractivity contribution is 6.01. The topological polar surface area (TPSA) is 93.0 Å². The van der Waals surface area contributed by atoms with E-state index in [0.717, 1.165) is 30.0 Å². The van der Waals surface area contributed by atoms with Gasteiger partial charge in [-0.05, 0) is 38.3 Å². The zero-order valence-electron chi connectivity index (χ0n) is 14.3. The Morgan fingerprint density at radius 2 is 2.16 bits per heavy atom. The molecule has 0 spiro atoms. The van der Waals surface area contributed by atoms with Gasteiger partial charge in [0.1, 0.15) is 11.9 Å². The Labute approximate surface area is 145 Å². The Morgan fingerprint density at radius 1 is 1.32 bits per heavy atom. The predicted octanol–water partition coefficient (Wildman–Crippen LogP) is 0.888. The third-order valence-electron chi connectivity index (χ3n) is 4.94. The number of rotatable bonds is 2. The van der Waals surface area contributed by atoms with E-state index in [9.17, 15) is 9.59 Å². The fourth-order valence-electron chi connectivity index (χ4n) is 3.48. The molecule has 0 aromatic carbocycles. The smallest absolute Gasteiger partial charge is 0.291 e. The van der Waals surface area contributed by atoms with Crippen LogP contribution in [0.25, 0.3) is 0 Å². The lowest BCUT2D eigenvalue weighted by Crippen LogP contribution is -2.47. The number of nitrogens with zero attached hydrogens (tertiary/aromatic N) is 5. The molecule has 0 unspecified atom stereocenters. The Kier molecular flexibility index (Phi) is 3.74. The zero-order chi connectivity index (χ0) is 17.6. The molecule has 0 saturated heterocycles. The number of fused-ring (bicyclic) bond motifs is 2. The molecule has 8 nitrogen and oxygen atoms in total. The Hall–Kier alpha value is -2.77. The third-order valence-corrected chi connectivity index (χ3v) is 4.94. The molecule has 1 N–H and O–H groups in total. The highest BCUT2D eigenvalue weighted by atomic mass is 16.2. The van der Waals surface area contributed by atoms with Crippen LogP contribution in [0, 0.1) is 0 Å². The molecule has 8 heteroatoms. The van der Waals surface area contributed by atoms with E-state index in [1.54, 1.807) is 28.9 Å². The number of carbonyl (C=O) groups is 2. The number of aromatic nitrogens is 4. The van der Waals surface area contributed by atoms with Gasteiger partial charge in [0, 0.05) is 19.7 Å². The van der Waals surface area contributed by atoms with E-state index in [-0.39, 0.29) is 17.8 Å². The summed E-state index contributed by atoms with van der Waals surface area (Å²) in [7, 11) is 1.71. The van der Waals surface area contributed by atoms with E-state index >= 15 is 0 Å². The van der Waals surface area contributed by atoms with Crippen molar-refractivity contribution < 1.29 is 9.59 Å². The molecular formula is C17H20N6O2. The van der Waals surface area contributed by atoms with Crippen molar-refractivity contribution in [1.82, 2.24) is 25.1 Å². The van der Waals surface area contributed by atoms with E-state index in [1.807, 2.05) is 6.07 Å². The van der Waals surface area contributed by atoms with Crippen molar-refractivity contribution in [3.8, 4) is 0 Å². The van der Waals surface area contributed by atoms with Crippen molar-refractivity contribution in [2.75, 3.05) is 11.9 Å². The van der Waals surface area contributed by atoms with Crippen molar-refractivity contribution in [1.29, 1.82) is 0 Å². The molecule has 2 aliphatic heterocycles. The molecule has 4 rings (SSSR count). The van der Waals surface area contributed by atoms with Crippen molar-refractivity contribution >= 4 is 17.5 Å². The third kappa shape index (κ3) is 2.67. The maximum absolute atomic E-state index is 12.7. The van der Waals surface area contributed by atoms with Crippen LogP contribution in [-0.4, -0.2) is 44.7 Å². The average molecular weight is 340 g/mol. The molecule has 0 radical (unpaired) electrons. The van der Waals surface area contributed by atoms with Gasteiger partial charge in [0.2, 0.25) is 11.7 Å². The number of amides is 2. The lowest BCUT2D eigenvalue weighted by Gasteiger charge is -2.21. The van der Waals surface area contributed by atoms with Crippen LogP contribution in [-0.2, 0) is 17.6 Å². The first-order chi connectivity index (χ1) is 12.0. The second-order valence-electron chi connectivity index (χ2n) is 6.62. The molecule has 4 heterocycles. The molecule has 2 aliphatic rings. The van der Waals surface area contributed by atoms with Crippen LogP contribution in [0.2, 0.25) is 0 Å². The van der Waals surface area contributed by atoms with Crippen LogP contribution in [0.5, 0.6) is 0 Å². The first-order valence-electron chi connectivity index (χ1n) is 8.52. The van der Waals surface area contributed by atoms with Gasteiger partial charge in [-0.1, -0.05) is 0 Å². The van der Waals surface area contributed by atoms with E-state index in [2.05, 4.69) is 27.3 Å². The van der Waals surface area contributed by atoms with Crippen LogP contribution in [0.4, 0.5) is 5.69 Å². The van der Waals surface area contributed by atoms with Gasteiger partial charge in [-0.3, -0.25) is 14.6 Å². The van der Waals surface area contributed by atoms with Crippen molar-refractivity contribution in [3.63, 3.8) is 0 Å². The summed E-state index contributed by atoms with van der Waals surface area (Å²) in [6, 6.07) is 3.32. The second kappa shape index (κ2) is 5.94. The monoisotopic (exact) mass is 340 g/mol. The van der Waals surface area contributed by atoms with Gasteiger partial charge >= 0.3 is 0 Å². The molecule has 2 aromatic heterocycles. The van der Waals surface area contributed by atoms with Gasteiger partial charge in [0.05, 0.1) is 17.4 Å². The number of hydrogen-bond acceptors (Lipinski definition) is 5. The van der Waals surface area contributed by atoms with Crippen LogP contribution in [0.1, 0.15) is 47.9 Å². The van der Waals surface area contributed by atoms with Crippen molar-refractivity contribution in [2.45, 2.75) is 44.7 Å². The van der Waals surface area contributed by atoms with Crippen LogP contribution in [0.3, 0.4) is 0 Å². The van der Waals surface area contributed by atoms with E-state index < -0.39 is 11.9 Å². The first kappa shape index (κ1) is 15.7. The first-order valence-corrected chi connectivity index (χ1v) is 8.52. The van der Waals surface area contributed by atoms with Gasteiger partial charge in [0.15, 0.2) is 0 Å². The summed E-state index contributed by atoms with van der Waals surface area (Å²) < 4.78 is 1.80. The molecule has 2 amide bonds. The maximum Gasteiger partial charge on any atom is 0.291 e. The largest absolute Gasteiger partial charge is 0.337 e. The molecule has 0 saturated carbocycles. The second-order valence-corrected chi connectivity index (χ2v) is 6.62. The SMILES string of the molecule is C[C@@H]1CCc2nc(C(=O)N[C@H]3CCc4ncccc4N(C)C3=O)nn21. The Bertz CT molecular complexity index is 845. The number of likely N-dealkylation sites (N-methyl/N-ethyl adjacent to an activating group) is 1. The average Bonchev–Trinajstić information content (AvgIpc) is 3.16. The predicted molar refractivity (Wildman–Crippen MR) is 90.3 cm³/mol. The van der Waals surface area contributed by atoms with Gasteiger partial charge < -0.3 is 10.2 Å². The Morgan fingerprint density at radius 3 is 2.96 bits per heavy atom. The quantitative estimate of drug-likeness (QED) is 0.876. The number of aryl methyl sites for hydroxylation is 2. The molecular weight excluding hydrogens is 320 g/mol.